The minimum absolute atomic E-state index is 0.0867. The van der Waals surface area contributed by atoms with Gasteiger partial charge in [-0.2, -0.15) is 0 Å². The van der Waals surface area contributed by atoms with Crippen molar-refractivity contribution in [3.8, 4) is 0 Å². The zero-order valence-electron chi connectivity index (χ0n) is 6.73. The van der Waals surface area contributed by atoms with Gasteiger partial charge in [-0.1, -0.05) is 5.16 Å². The van der Waals surface area contributed by atoms with Gasteiger partial charge in [-0.25, -0.2) is 0 Å². The molecule has 0 saturated heterocycles. The molecular formula is C8H12N2O2. The zero-order chi connectivity index (χ0) is 8.55. The van der Waals surface area contributed by atoms with E-state index in [4.69, 9.17) is 15.4 Å². The van der Waals surface area contributed by atoms with Gasteiger partial charge >= 0.3 is 0 Å². The molecule has 1 aliphatic carbocycles. The highest BCUT2D eigenvalue weighted by atomic mass is 16.5. The Hall–Kier alpha value is -0.870. The lowest BCUT2D eigenvalue weighted by molar-refractivity contribution is 0.260. The van der Waals surface area contributed by atoms with Crippen molar-refractivity contribution in [3.05, 3.63) is 17.5 Å². The van der Waals surface area contributed by atoms with Crippen LogP contribution < -0.4 is 5.73 Å². The summed E-state index contributed by atoms with van der Waals surface area (Å²) in [5.41, 5.74) is 6.21. The monoisotopic (exact) mass is 168 g/mol. The van der Waals surface area contributed by atoms with Gasteiger partial charge in [0.2, 0.25) is 0 Å². The Morgan fingerprint density at radius 3 is 3.08 bits per heavy atom. The van der Waals surface area contributed by atoms with Crippen molar-refractivity contribution < 1.29 is 9.63 Å². The lowest BCUT2D eigenvalue weighted by atomic mass is 10.2. The number of hydrogen-bond donors (Lipinski definition) is 2. The van der Waals surface area contributed by atoms with Crippen LogP contribution in [-0.4, -0.2) is 16.9 Å². The Morgan fingerprint density at radius 2 is 2.50 bits per heavy atom. The Kier molecular flexibility index (Phi) is 1.86. The largest absolute Gasteiger partial charge is 0.394 e. The summed E-state index contributed by atoms with van der Waals surface area (Å²) in [7, 11) is 0. The van der Waals surface area contributed by atoms with Gasteiger partial charge in [-0.15, -0.1) is 0 Å². The number of nitrogens with two attached hydrogens (primary N) is 1. The molecule has 12 heavy (non-hydrogen) atoms. The smallest absolute Gasteiger partial charge is 0.140 e. The molecule has 1 aliphatic rings. The molecule has 1 unspecified atom stereocenters. The predicted octanol–water partition coefficient (Wildman–Crippen LogP) is 0.544. The van der Waals surface area contributed by atoms with Crippen molar-refractivity contribution in [1.82, 2.24) is 5.16 Å². The highest BCUT2D eigenvalue weighted by Gasteiger charge is 2.28. The molecule has 0 aliphatic heterocycles. The summed E-state index contributed by atoms with van der Waals surface area (Å²) in [5, 5.41) is 12.5. The van der Waals surface area contributed by atoms with Crippen LogP contribution >= 0.6 is 0 Å². The lowest BCUT2D eigenvalue weighted by Gasteiger charge is -1.99. The molecule has 3 N–H and O–H groups in total. The molecule has 1 aromatic rings. The third kappa shape index (κ3) is 1.35. The number of hydrogen-bond acceptors (Lipinski definition) is 4. The summed E-state index contributed by atoms with van der Waals surface area (Å²) in [4.78, 5) is 0. The Morgan fingerprint density at radius 1 is 1.75 bits per heavy atom. The summed E-state index contributed by atoms with van der Waals surface area (Å²) in [6, 6.07) is 1.44. The molecule has 0 radical (unpaired) electrons. The molecular weight excluding hydrogens is 156 g/mol. The van der Waals surface area contributed by atoms with E-state index in [0.717, 1.165) is 5.76 Å². The summed E-state index contributed by atoms with van der Waals surface area (Å²) >= 11 is 0. The summed E-state index contributed by atoms with van der Waals surface area (Å²) < 4.78 is 5.07. The average molecular weight is 168 g/mol. The van der Waals surface area contributed by atoms with Crippen LogP contribution in [0.15, 0.2) is 10.6 Å². The molecule has 4 heteroatoms. The first kappa shape index (κ1) is 7.76. The first-order valence-corrected chi connectivity index (χ1v) is 4.14. The second-order valence-electron chi connectivity index (χ2n) is 3.22. The van der Waals surface area contributed by atoms with Crippen LogP contribution in [0.3, 0.4) is 0 Å². The van der Waals surface area contributed by atoms with Crippen LogP contribution in [0, 0.1) is 0 Å². The van der Waals surface area contributed by atoms with Crippen LogP contribution in [0.2, 0.25) is 0 Å². The van der Waals surface area contributed by atoms with Gasteiger partial charge < -0.3 is 15.4 Å². The van der Waals surface area contributed by atoms with Gasteiger partial charge in [0.1, 0.15) is 11.5 Å². The third-order valence-electron chi connectivity index (χ3n) is 2.10. The van der Waals surface area contributed by atoms with Crippen molar-refractivity contribution in [2.45, 2.75) is 24.8 Å². The Labute approximate surface area is 70.3 Å². The molecule has 1 heterocycles. The number of nitrogens with zero attached hydrogens (tertiary/aromatic N) is 1. The maximum Gasteiger partial charge on any atom is 0.140 e. The molecule has 2 rings (SSSR count). The van der Waals surface area contributed by atoms with Crippen LogP contribution in [0.25, 0.3) is 0 Å². The maximum atomic E-state index is 8.75. The number of aliphatic hydroxyl groups excluding tert-OH is 1. The fraction of sp³-hybridized carbons (Fsp3) is 0.625. The quantitative estimate of drug-likeness (QED) is 0.691. The van der Waals surface area contributed by atoms with Crippen LogP contribution in [0.5, 0.6) is 0 Å². The van der Waals surface area contributed by atoms with Crippen molar-refractivity contribution in [2.75, 3.05) is 6.61 Å². The number of aliphatic hydroxyl groups is 1. The fourth-order valence-electron chi connectivity index (χ4n) is 1.13. The summed E-state index contributed by atoms with van der Waals surface area (Å²) in [6.07, 6.45) is 2.37. The van der Waals surface area contributed by atoms with E-state index in [9.17, 15) is 0 Å². The van der Waals surface area contributed by atoms with Crippen molar-refractivity contribution in [2.24, 2.45) is 5.73 Å². The topological polar surface area (TPSA) is 72.3 Å². The Bertz CT molecular complexity index is 268. The standard InChI is InChI=1S/C8H12N2O2/c9-6(4-11)7-3-8(12-10-7)5-1-2-5/h3,5-6,11H,1-2,4,9H2. The van der Waals surface area contributed by atoms with Crippen LogP contribution in [0.1, 0.15) is 36.3 Å². The van der Waals surface area contributed by atoms with E-state index in [2.05, 4.69) is 5.16 Å². The summed E-state index contributed by atoms with van der Waals surface area (Å²) in [5.74, 6) is 1.46. The molecule has 0 bridgehead atoms. The first-order valence-electron chi connectivity index (χ1n) is 4.14. The average Bonchev–Trinajstić information content (AvgIpc) is 2.83. The molecule has 0 amide bonds. The second-order valence-corrected chi connectivity index (χ2v) is 3.22. The van der Waals surface area contributed by atoms with Crippen LogP contribution in [-0.2, 0) is 0 Å². The number of rotatable bonds is 3. The second kappa shape index (κ2) is 2.88. The first-order chi connectivity index (χ1) is 5.81. The van der Waals surface area contributed by atoms with Gasteiger partial charge in [0.05, 0.1) is 12.6 Å². The van der Waals surface area contributed by atoms with Gasteiger partial charge in [-0.05, 0) is 12.8 Å². The highest BCUT2D eigenvalue weighted by molar-refractivity contribution is 5.16. The molecule has 66 valence electrons. The Balaban J connectivity index is 2.12. The van der Waals surface area contributed by atoms with Crippen molar-refractivity contribution in [3.63, 3.8) is 0 Å². The molecule has 0 spiro atoms. The molecule has 1 fully saturated rings. The highest BCUT2D eigenvalue weighted by Crippen LogP contribution is 2.40. The molecule has 1 atom stereocenters. The van der Waals surface area contributed by atoms with E-state index < -0.39 is 6.04 Å². The van der Waals surface area contributed by atoms with E-state index >= 15 is 0 Å². The minimum atomic E-state index is -0.402. The van der Waals surface area contributed by atoms with Gasteiger partial charge in [0.15, 0.2) is 0 Å². The zero-order valence-corrected chi connectivity index (χ0v) is 6.73. The molecule has 1 saturated carbocycles. The van der Waals surface area contributed by atoms with E-state index in [-0.39, 0.29) is 6.61 Å². The predicted molar refractivity (Wildman–Crippen MR) is 42.5 cm³/mol. The fourth-order valence-corrected chi connectivity index (χ4v) is 1.13. The molecule has 1 aromatic heterocycles. The SMILES string of the molecule is NC(CO)c1cc(C2CC2)on1. The van der Waals surface area contributed by atoms with E-state index in [1.165, 1.54) is 12.8 Å². The van der Waals surface area contributed by atoms with Crippen molar-refractivity contribution in [1.29, 1.82) is 0 Å². The third-order valence-corrected chi connectivity index (χ3v) is 2.10. The lowest BCUT2D eigenvalue weighted by Crippen LogP contribution is -2.14. The van der Waals surface area contributed by atoms with Gasteiger partial charge in [-0.3, -0.25) is 0 Å². The van der Waals surface area contributed by atoms with Gasteiger partial charge in [0.25, 0.3) is 0 Å². The van der Waals surface area contributed by atoms with E-state index in [1.54, 1.807) is 0 Å². The van der Waals surface area contributed by atoms with E-state index in [0.29, 0.717) is 11.6 Å². The minimum Gasteiger partial charge on any atom is -0.394 e. The van der Waals surface area contributed by atoms with Crippen molar-refractivity contribution >= 4 is 0 Å². The summed E-state index contributed by atoms with van der Waals surface area (Å²) in [6.45, 7) is -0.0867. The van der Waals surface area contributed by atoms with Crippen LogP contribution in [0.4, 0.5) is 0 Å². The molecule has 4 nitrogen and oxygen atoms in total. The van der Waals surface area contributed by atoms with E-state index in [1.807, 2.05) is 6.07 Å². The maximum absolute atomic E-state index is 8.75. The normalized spacial score (nSPS) is 19.5. The van der Waals surface area contributed by atoms with Gasteiger partial charge in [0, 0.05) is 12.0 Å². The number of aromatic nitrogens is 1. The molecule has 0 aromatic carbocycles.